The van der Waals surface area contributed by atoms with Crippen molar-refractivity contribution in [1.29, 1.82) is 0 Å². The number of hydrogen-bond acceptors (Lipinski definition) is 8. The fraction of sp³-hybridized carbons (Fsp3) is 0.545. The van der Waals surface area contributed by atoms with E-state index in [0.717, 1.165) is 0 Å². The van der Waals surface area contributed by atoms with Gasteiger partial charge in [0, 0.05) is 11.4 Å². The SMILES string of the molecule is CCOC(=O)CN(C(=O)[C@@H]1O[C@@H]1C)c1ccc(N(CC(=O)OCC)C(=O)[C@@H]2O[C@@H]2C)cc1. The summed E-state index contributed by atoms with van der Waals surface area (Å²) in [4.78, 5) is 52.2. The number of nitrogens with zero attached hydrogens (tertiary/aromatic N) is 2. The van der Waals surface area contributed by atoms with Crippen molar-refractivity contribution >= 4 is 35.1 Å². The van der Waals surface area contributed by atoms with Gasteiger partial charge in [0.1, 0.15) is 13.1 Å². The van der Waals surface area contributed by atoms with Crippen molar-refractivity contribution in [2.24, 2.45) is 0 Å². The number of ether oxygens (including phenoxy) is 4. The third-order valence-electron chi connectivity index (χ3n) is 5.10. The summed E-state index contributed by atoms with van der Waals surface area (Å²) in [6, 6.07) is 6.40. The normalized spacial score (nSPS) is 23.1. The number of carbonyl (C=O) groups excluding carboxylic acids is 4. The average Bonchev–Trinajstić information content (AvgIpc) is 3.67. The van der Waals surface area contributed by atoms with Gasteiger partial charge in [-0.2, -0.15) is 0 Å². The number of esters is 2. The molecule has 1 aromatic carbocycles. The molecule has 0 spiro atoms. The summed E-state index contributed by atoms with van der Waals surface area (Å²) in [6.45, 7) is 6.78. The molecule has 2 fully saturated rings. The van der Waals surface area contributed by atoms with E-state index in [0.29, 0.717) is 11.4 Å². The number of carbonyl (C=O) groups is 4. The molecule has 0 unspecified atom stereocenters. The second-order valence-electron chi connectivity index (χ2n) is 7.50. The summed E-state index contributed by atoms with van der Waals surface area (Å²) >= 11 is 0. The van der Waals surface area contributed by atoms with Crippen LogP contribution >= 0.6 is 0 Å². The summed E-state index contributed by atoms with van der Waals surface area (Å²) in [6.07, 6.45) is -1.66. The van der Waals surface area contributed by atoms with Gasteiger partial charge >= 0.3 is 11.9 Å². The minimum Gasteiger partial charge on any atom is -0.465 e. The van der Waals surface area contributed by atoms with Crippen LogP contribution in [0.5, 0.6) is 0 Å². The highest BCUT2D eigenvalue weighted by Crippen LogP contribution is 2.30. The number of anilines is 2. The first kappa shape index (κ1) is 23.7. The molecule has 174 valence electrons. The quantitative estimate of drug-likeness (QED) is 0.385. The molecule has 32 heavy (non-hydrogen) atoms. The highest BCUT2D eigenvalue weighted by molar-refractivity contribution is 6.03. The fourth-order valence-corrected chi connectivity index (χ4v) is 3.27. The van der Waals surface area contributed by atoms with E-state index in [-0.39, 0.29) is 50.3 Å². The first-order valence-electron chi connectivity index (χ1n) is 10.6. The third kappa shape index (κ3) is 5.63. The Morgan fingerprint density at radius 2 is 1.06 bits per heavy atom. The first-order chi connectivity index (χ1) is 15.3. The van der Waals surface area contributed by atoms with Gasteiger partial charge in [-0.15, -0.1) is 0 Å². The van der Waals surface area contributed by atoms with Crippen molar-refractivity contribution in [3.8, 4) is 0 Å². The van der Waals surface area contributed by atoms with Gasteiger partial charge in [-0.05, 0) is 52.0 Å². The van der Waals surface area contributed by atoms with Gasteiger partial charge in [-0.1, -0.05) is 0 Å². The maximum atomic E-state index is 12.8. The molecule has 0 saturated carbocycles. The average molecular weight is 448 g/mol. The van der Waals surface area contributed by atoms with E-state index in [1.54, 1.807) is 52.0 Å². The Morgan fingerprint density at radius 3 is 1.31 bits per heavy atom. The Hall–Kier alpha value is -2.98. The van der Waals surface area contributed by atoms with Crippen molar-refractivity contribution in [1.82, 2.24) is 0 Å². The van der Waals surface area contributed by atoms with E-state index in [1.807, 2.05) is 0 Å². The van der Waals surface area contributed by atoms with Crippen LogP contribution in [0.25, 0.3) is 0 Å². The molecule has 4 atom stereocenters. The smallest absolute Gasteiger partial charge is 0.326 e. The lowest BCUT2D eigenvalue weighted by Gasteiger charge is -2.24. The molecule has 10 nitrogen and oxygen atoms in total. The molecule has 3 rings (SSSR count). The standard InChI is InChI=1S/C22H28N2O8/c1-5-29-17(25)11-23(21(27)19-13(3)31-19)15-7-9-16(10-8-15)24(12-18(26)30-6-2)22(28)20-14(4)32-20/h7-10,13-14,19-20H,5-6,11-12H2,1-4H3/t13-,14-,19-,20-/m1/s1. The van der Waals surface area contributed by atoms with Gasteiger partial charge in [-0.3, -0.25) is 29.0 Å². The maximum absolute atomic E-state index is 12.8. The Kier molecular flexibility index (Phi) is 7.47. The van der Waals surface area contributed by atoms with E-state index in [9.17, 15) is 19.2 Å². The van der Waals surface area contributed by atoms with E-state index < -0.39 is 24.1 Å². The number of epoxide rings is 2. The van der Waals surface area contributed by atoms with Gasteiger partial charge in [0.25, 0.3) is 11.8 Å². The summed E-state index contributed by atoms with van der Waals surface area (Å²) in [5.74, 6) is -1.79. The highest BCUT2D eigenvalue weighted by atomic mass is 16.6. The van der Waals surface area contributed by atoms with Crippen LogP contribution in [0.1, 0.15) is 27.7 Å². The predicted molar refractivity (Wildman–Crippen MR) is 113 cm³/mol. The first-order valence-corrected chi connectivity index (χ1v) is 10.6. The molecule has 0 bridgehead atoms. The zero-order valence-corrected chi connectivity index (χ0v) is 18.6. The van der Waals surface area contributed by atoms with Crippen LogP contribution < -0.4 is 9.80 Å². The largest absolute Gasteiger partial charge is 0.465 e. The summed E-state index contributed by atoms with van der Waals surface area (Å²) in [7, 11) is 0. The molecular weight excluding hydrogens is 420 g/mol. The van der Waals surface area contributed by atoms with Crippen LogP contribution in [0.4, 0.5) is 11.4 Å². The van der Waals surface area contributed by atoms with E-state index in [4.69, 9.17) is 18.9 Å². The van der Waals surface area contributed by atoms with Crippen LogP contribution in [0, 0.1) is 0 Å². The van der Waals surface area contributed by atoms with Crippen molar-refractivity contribution in [3.63, 3.8) is 0 Å². The zero-order valence-electron chi connectivity index (χ0n) is 18.6. The number of amides is 2. The maximum Gasteiger partial charge on any atom is 0.326 e. The molecule has 2 amide bonds. The Balaban J connectivity index is 1.81. The van der Waals surface area contributed by atoms with Gasteiger partial charge in [0.05, 0.1) is 25.4 Å². The van der Waals surface area contributed by atoms with Crippen LogP contribution in [0.2, 0.25) is 0 Å². The molecular formula is C22H28N2O8. The van der Waals surface area contributed by atoms with E-state index in [1.165, 1.54) is 9.80 Å². The van der Waals surface area contributed by atoms with E-state index in [2.05, 4.69) is 0 Å². The molecule has 1 aromatic rings. The molecule has 0 radical (unpaired) electrons. The number of rotatable bonds is 10. The Morgan fingerprint density at radius 1 is 0.750 bits per heavy atom. The molecule has 10 heteroatoms. The van der Waals surface area contributed by atoms with Gasteiger partial charge < -0.3 is 18.9 Å². The van der Waals surface area contributed by atoms with Crippen molar-refractivity contribution < 1.29 is 38.1 Å². The predicted octanol–water partition coefficient (Wildman–Crippen LogP) is 1.05. The Bertz CT molecular complexity index is 800. The lowest BCUT2D eigenvalue weighted by Crippen LogP contribution is -2.40. The van der Waals surface area contributed by atoms with Crippen LogP contribution in [-0.4, -0.2) is 74.5 Å². The summed E-state index contributed by atoms with van der Waals surface area (Å²) < 4.78 is 20.5. The van der Waals surface area contributed by atoms with Gasteiger partial charge in [-0.25, -0.2) is 0 Å². The lowest BCUT2D eigenvalue weighted by atomic mass is 10.2. The van der Waals surface area contributed by atoms with Crippen LogP contribution in [-0.2, 0) is 38.1 Å². The van der Waals surface area contributed by atoms with E-state index >= 15 is 0 Å². The lowest BCUT2D eigenvalue weighted by molar-refractivity contribution is -0.143. The van der Waals surface area contributed by atoms with Crippen LogP contribution in [0.3, 0.4) is 0 Å². The second-order valence-corrected chi connectivity index (χ2v) is 7.50. The molecule has 2 aliphatic heterocycles. The minimum absolute atomic E-state index is 0.197. The topological polar surface area (TPSA) is 118 Å². The Labute approximate surface area is 186 Å². The number of benzene rings is 1. The highest BCUT2D eigenvalue weighted by Gasteiger charge is 2.45. The zero-order chi connectivity index (χ0) is 23.4. The summed E-state index contributed by atoms with van der Waals surface area (Å²) in [5.41, 5.74) is 0.878. The third-order valence-corrected chi connectivity index (χ3v) is 5.10. The molecule has 0 aliphatic carbocycles. The van der Waals surface area contributed by atoms with Gasteiger partial charge in [0.15, 0.2) is 12.2 Å². The fourth-order valence-electron chi connectivity index (χ4n) is 3.27. The molecule has 2 heterocycles. The molecule has 2 aliphatic rings. The monoisotopic (exact) mass is 448 g/mol. The van der Waals surface area contributed by atoms with Crippen molar-refractivity contribution in [2.45, 2.75) is 52.1 Å². The summed E-state index contributed by atoms with van der Waals surface area (Å²) in [5, 5.41) is 0. The molecule has 0 aromatic heterocycles. The molecule has 0 N–H and O–H groups in total. The number of hydrogen-bond donors (Lipinski definition) is 0. The molecule has 2 saturated heterocycles. The van der Waals surface area contributed by atoms with Crippen LogP contribution in [0.15, 0.2) is 24.3 Å². The second kappa shape index (κ2) is 10.1. The van der Waals surface area contributed by atoms with Gasteiger partial charge in [0.2, 0.25) is 0 Å². The van der Waals surface area contributed by atoms with Crippen molar-refractivity contribution in [3.05, 3.63) is 24.3 Å². The van der Waals surface area contributed by atoms with Crippen molar-refractivity contribution in [2.75, 3.05) is 36.1 Å². The minimum atomic E-state index is -0.612.